The Morgan fingerprint density at radius 1 is 1.45 bits per heavy atom. The fraction of sp³-hybridized carbons (Fsp3) is 0.800. The second kappa shape index (κ2) is 7.58. The first kappa shape index (κ1) is 18.4. The second-order valence-corrected chi connectivity index (χ2v) is 7.14. The molecule has 22 heavy (non-hydrogen) atoms. The van der Waals surface area contributed by atoms with Crippen molar-refractivity contribution in [3.63, 3.8) is 0 Å². The third kappa shape index (κ3) is 6.01. The third-order valence-corrected chi connectivity index (χ3v) is 3.70. The van der Waals surface area contributed by atoms with E-state index < -0.39 is 24.0 Å². The first-order chi connectivity index (χ1) is 10.1. The lowest BCUT2D eigenvalue weighted by atomic mass is 9.87. The fourth-order valence-electron chi connectivity index (χ4n) is 2.60. The number of hydrogen-bond acceptors (Lipinski definition) is 4. The molecular formula is C15H27N3O4. The highest BCUT2D eigenvalue weighted by Crippen LogP contribution is 2.21. The van der Waals surface area contributed by atoms with E-state index in [0.29, 0.717) is 19.4 Å². The zero-order chi connectivity index (χ0) is 16.9. The van der Waals surface area contributed by atoms with E-state index in [0.717, 1.165) is 6.42 Å². The zero-order valence-corrected chi connectivity index (χ0v) is 13.5. The monoisotopic (exact) mass is 313 g/mol. The van der Waals surface area contributed by atoms with Crippen LogP contribution in [-0.2, 0) is 14.4 Å². The molecule has 126 valence electrons. The first-order valence-electron chi connectivity index (χ1n) is 7.66. The molecule has 0 radical (unpaired) electrons. The molecule has 7 nitrogen and oxygen atoms in total. The van der Waals surface area contributed by atoms with Crippen molar-refractivity contribution in [2.45, 2.75) is 58.5 Å². The molecule has 3 atom stereocenters. The number of piperidine rings is 1. The molecule has 0 aromatic carbocycles. The molecule has 0 spiro atoms. The zero-order valence-electron chi connectivity index (χ0n) is 13.5. The van der Waals surface area contributed by atoms with Gasteiger partial charge in [-0.15, -0.1) is 0 Å². The Morgan fingerprint density at radius 2 is 2.09 bits per heavy atom. The summed E-state index contributed by atoms with van der Waals surface area (Å²) in [5, 5.41) is 14.4. The van der Waals surface area contributed by atoms with Crippen LogP contribution in [0.3, 0.4) is 0 Å². The van der Waals surface area contributed by atoms with Gasteiger partial charge in [0.2, 0.25) is 11.8 Å². The number of aliphatic carboxylic acids is 1. The molecule has 0 unspecified atom stereocenters. The van der Waals surface area contributed by atoms with Crippen molar-refractivity contribution in [3.05, 3.63) is 0 Å². The predicted molar refractivity (Wildman–Crippen MR) is 82.0 cm³/mol. The lowest BCUT2D eigenvalue weighted by molar-refractivity contribution is -0.143. The van der Waals surface area contributed by atoms with Crippen molar-refractivity contribution >= 4 is 17.8 Å². The van der Waals surface area contributed by atoms with E-state index in [1.54, 1.807) is 0 Å². The fourth-order valence-corrected chi connectivity index (χ4v) is 2.60. The Kier molecular flexibility index (Phi) is 6.34. The van der Waals surface area contributed by atoms with Gasteiger partial charge in [0, 0.05) is 12.5 Å². The summed E-state index contributed by atoms with van der Waals surface area (Å²) < 4.78 is 0. The average Bonchev–Trinajstić information content (AvgIpc) is 2.38. The summed E-state index contributed by atoms with van der Waals surface area (Å²) in [6.07, 6.45) is 2.00. The summed E-state index contributed by atoms with van der Waals surface area (Å²) in [6.45, 7) is 6.50. The molecule has 7 heteroatoms. The minimum absolute atomic E-state index is 0.0924. The number of carbonyl (C=O) groups is 3. The number of carbonyl (C=O) groups excluding carboxylic acids is 2. The van der Waals surface area contributed by atoms with Gasteiger partial charge in [0.05, 0.1) is 6.04 Å². The first-order valence-corrected chi connectivity index (χ1v) is 7.66. The Hall–Kier alpha value is -1.63. The van der Waals surface area contributed by atoms with Crippen LogP contribution >= 0.6 is 0 Å². The summed E-state index contributed by atoms with van der Waals surface area (Å²) >= 11 is 0. The Balaban J connectivity index is 2.62. The molecule has 1 aliphatic rings. The number of hydrogen-bond donors (Lipinski definition) is 4. The van der Waals surface area contributed by atoms with Crippen molar-refractivity contribution in [2.75, 3.05) is 6.54 Å². The highest BCUT2D eigenvalue weighted by atomic mass is 16.4. The van der Waals surface area contributed by atoms with Crippen LogP contribution in [0.25, 0.3) is 0 Å². The van der Waals surface area contributed by atoms with Crippen molar-refractivity contribution in [3.8, 4) is 0 Å². The number of carboxylic acid groups (broad SMARTS) is 1. The summed E-state index contributed by atoms with van der Waals surface area (Å²) in [5.74, 6) is -2.16. The molecule has 1 fully saturated rings. The molecule has 0 aromatic heterocycles. The van der Waals surface area contributed by atoms with Gasteiger partial charge < -0.3 is 21.5 Å². The van der Waals surface area contributed by atoms with Gasteiger partial charge in [-0.05, 0) is 31.1 Å². The number of carboxylic acids is 1. The molecule has 0 saturated carbocycles. The maximum absolute atomic E-state index is 12.1. The van der Waals surface area contributed by atoms with Crippen LogP contribution in [0.15, 0.2) is 0 Å². The minimum Gasteiger partial charge on any atom is -0.480 e. The summed E-state index contributed by atoms with van der Waals surface area (Å²) in [6, 6.07) is -1.85. The van der Waals surface area contributed by atoms with E-state index >= 15 is 0 Å². The van der Waals surface area contributed by atoms with Crippen LogP contribution < -0.4 is 16.4 Å². The predicted octanol–water partition coefficient (Wildman–Crippen LogP) is 0.236. The molecular weight excluding hydrogens is 286 g/mol. The van der Waals surface area contributed by atoms with E-state index in [2.05, 4.69) is 10.6 Å². The van der Waals surface area contributed by atoms with Gasteiger partial charge in [-0.1, -0.05) is 20.8 Å². The second-order valence-electron chi connectivity index (χ2n) is 7.14. The Bertz CT molecular complexity index is 431. The van der Waals surface area contributed by atoms with Crippen molar-refractivity contribution in [1.82, 2.24) is 10.6 Å². The van der Waals surface area contributed by atoms with Gasteiger partial charge in [0.1, 0.15) is 6.04 Å². The largest absolute Gasteiger partial charge is 0.480 e. The van der Waals surface area contributed by atoms with Gasteiger partial charge in [0.15, 0.2) is 0 Å². The smallest absolute Gasteiger partial charge is 0.326 e. The normalized spacial score (nSPS) is 21.6. The van der Waals surface area contributed by atoms with E-state index in [9.17, 15) is 19.5 Å². The highest BCUT2D eigenvalue weighted by molar-refractivity contribution is 5.87. The van der Waals surface area contributed by atoms with E-state index in [-0.39, 0.29) is 23.7 Å². The standard InChI is InChI=1S/C15H27N3O4/c1-15(2,3)8-10(16)13(20)18-11(14(21)22)7-9-5-4-6-17-12(9)19/h9-11H,4-8,16H2,1-3H3,(H,17,19)(H,18,20)(H,21,22)/t9-,10-,11-/m0/s1. The molecule has 5 N–H and O–H groups in total. The van der Waals surface area contributed by atoms with Crippen LogP contribution in [0, 0.1) is 11.3 Å². The molecule has 0 aromatic rings. The highest BCUT2D eigenvalue weighted by Gasteiger charge is 2.31. The van der Waals surface area contributed by atoms with Gasteiger partial charge in [-0.2, -0.15) is 0 Å². The molecule has 1 saturated heterocycles. The molecule has 0 bridgehead atoms. The topological polar surface area (TPSA) is 122 Å². The minimum atomic E-state index is -1.14. The van der Waals surface area contributed by atoms with Crippen LogP contribution in [0.2, 0.25) is 0 Å². The van der Waals surface area contributed by atoms with E-state index in [4.69, 9.17) is 5.73 Å². The number of amides is 2. The van der Waals surface area contributed by atoms with Crippen molar-refractivity contribution in [1.29, 1.82) is 0 Å². The van der Waals surface area contributed by atoms with Gasteiger partial charge >= 0.3 is 5.97 Å². The lowest BCUT2D eigenvalue weighted by Gasteiger charge is -2.27. The number of rotatable bonds is 6. The Labute approximate surface area is 131 Å². The maximum Gasteiger partial charge on any atom is 0.326 e. The van der Waals surface area contributed by atoms with Crippen LogP contribution in [0.4, 0.5) is 0 Å². The molecule has 2 amide bonds. The van der Waals surface area contributed by atoms with Crippen molar-refractivity contribution in [2.24, 2.45) is 17.1 Å². The number of nitrogens with two attached hydrogens (primary N) is 1. The maximum atomic E-state index is 12.1. The average molecular weight is 313 g/mol. The summed E-state index contributed by atoms with van der Waals surface area (Å²) in [4.78, 5) is 35.1. The third-order valence-electron chi connectivity index (χ3n) is 3.70. The number of nitrogens with one attached hydrogen (secondary N) is 2. The van der Waals surface area contributed by atoms with Crippen LogP contribution in [0.1, 0.15) is 46.5 Å². The SMILES string of the molecule is CC(C)(C)C[C@H](N)C(=O)N[C@@H](C[C@@H]1CCCNC1=O)C(=O)O. The molecule has 1 aliphatic heterocycles. The van der Waals surface area contributed by atoms with Gasteiger partial charge in [-0.3, -0.25) is 9.59 Å². The van der Waals surface area contributed by atoms with Gasteiger partial charge in [-0.25, -0.2) is 4.79 Å². The van der Waals surface area contributed by atoms with Crippen LogP contribution in [-0.4, -0.2) is 41.5 Å². The van der Waals surface area contributed by atoms with Gasteiger partial charge in [0.25, 0.3) is 0 Å². The quantitative estimate of drug-likeness (QED) is 0.559. The van der Waals surface area contributed by atoms with E-state index in [1.807, 2.05) is 20.8 Å². The lowest BCUT2D eigenvalue weighted by Crippen LogP contribution is -2.51. The molecule has 1 heterocycles. The molecule has 1 rings (SSSR count). The van der Waals surface area contributed by atoms with Crippen molar-refractivity contribution < 1.29 is 19.5 Å². The molecule has 0 aliphatic carbocycles. The van der Waals surface area contributed by atoms with Crippen LogP contribution in [0.5, 0.6) is 0 Å². The Morgan fingerprint density at radius 3 is 2.59 bits per heavy atom. The van der Waals surface area contributed by atoms with E-state index in [1.165, 1.54) is 0 Å². The summed E-state index contributed by atoms with van der Waals surface area (Å²) in [7, 11) is 0. The summed E-state index contributed by atoms with van der Waals surface area (Å²) in [5.41, 5.74) is 5.70.